The largest absolute Gasteiger partial charge is 0.396 e. The van der Waals surface area contributed by atoms with Crippen LogP contribution in [0.15, 0.2) is 0 Å². The highest BCUT2D eigenvalue weighted by molar-refractivity contribution is 5.80. The minimum atomic E-state index is 0.278. The monoisotopic (exact) mass is 199 g/mol. The van der Waals surface area contributed by atoms with E-state index in [1.54, 1.807) is 0 Å². The second kappa shape index (κ2) is 6.14. The lowest BCUT2D eigenvalue weighted by Gasteiger charge is -2.31. The highest BCUT2D eigenvalue weighted by Gasteiger charge is 2.20. The number of carbonyl (C=O) groups is 1. The second-order valence-electron chi connectivity index (χ2n) is 4.15. The number of aliphatic hydroxyl groups excluding tert-OH is 1. The number of hydrogen-bond donors (Lipinski definition) is 1. The molecule has 0 amide bonds. The molecule has 3 nitrogen and oxygen atoms in total. The van der Waals surface area contributed by atoms with Crippen molar-refractivity contribution in [2.45, 2.75) is 32.6 Å². The minimum absolute atomic E-state index is 0.278. The van der Waals surface area contributed by atoms with Gasteiger partial charge in [-0.3, -0.25) is 9.69 Å². The average Bonchev–Trinajstić information content (AvgIpc) is 2.19. The molecule has 0 saturated carbocycles. The average molecular weight is 199 g/mol. The molecule has 0 aromatic carbocycles. The van der Waals surface area contributed by atoms with Gasteiger partial charge < -0.3 is 5.11 Å². The molecule has 0 radical (unpaired) electrons. The van der Waals surface area contributed by atoms with Crippen LogP contribution in [0.2, 0.25) is 0 Å². The highest BCUT2D eigenvalue weighted by Crippen LogP contribution is 2.18. The summed E-state index contributed by atoms with van der Waals surface area (Å²) in [6.07, 6.45) is 3.90. The van der Waals surface area contributed by atoms with Crippen LogP contribution >= 0.6 is 0 Å². The van der Waals surface area contributed by atoms with E-state index in [9.17, 15) is 4.79 Å². The van der Waals surface area contributed by atoms with Crippen molar-refractivity contribution >= 4 is 5.78 Å². The first-order valence-electron chi connectivity index (χ1n) is 5.61. The third-order valence-electron chi connectivity index (χ3n) is 2.93. The molecule has 3 heteroatoms. The number of rotatable bonds is 5. The Kier molecular flexibility index (Phi) is 5.12. The van der Waals surface area contributed by atoms with Gasteiger partial charge in [0.05, 0.1) is 6.54 Å². The van der Waals surface area contributed by atoms with E-state index in [0.717, 1.165) is 19.5 Å². The summed E-state index contributed by atoms with van der Waals surface area (Å²) < 4.78 is 0. The number of hydrogen-bond acceptors (Lipinski definition) is 3. The van der Waals surface area contributed by atoms with E-state index >= 15 is 0 Å². The van der Waals surface area contributed by atoms with Crippen molar-refractivity contribution in [3.05, 3.63) is 0 Å². The van der Waals surface area contributed by atoms with Crippen molar-refractivity contribution < 1.29 is 9.90 Å². The molecule has 1 aliphatic rings. The molecule has 1 N–H and O–H groups in total. The molecule has 1 fully saturated rings. The molecule has 1 rings (SSSR count). The van der Waals surface area contributed by atoms with E-state index in [4.69, 9.17) is 5.11 Å². The Morgan fingerprint density at radius 2 is 2.36 bits per heavy atom. The van der Waals surface area contributed by atoms with Gasteiger partial charge in [-0.2, -0.15) is 0 Å². The van der Waals surface area contributed by atoms with Crippen LogP contribution in [0, 0.1) is 5.92 Å². The van der Waals surface area contributed by atoms with Crippen molar-refractivity contribution in [1.82, 2.24) is 4.90 Å². The lowest BCUT2D eigenvalue weighted by molar-refractivity contribution is -0.120. The third-order valence-corrected chi connectivity index (χ3v) is 2.93. The van der Waals surface area contributed by atoms with Crippen molar-refractivity contribution in [1.29, 1.82) is 0 Å². The minimum Gasteiger partial charge on any atom is -0.396 e. The maximum absolute atomic E-state index is 11.3. The van der Waals surface area contributed by atoms with Crippen LogP contribution < -0.4 is 0 Å². The number of nitrogens with zero attached hydrogens (tertiary/aromatic N) is 1. The van der Waals surface area contributed by atoms with E-state index in [2.05, 4.69) is 4.90 Å². The number of aliphatic hydroxyl groups is 1. The number of carbonyl (C=O) groups excluding carboxylic acids is 1. The molecule has 0 aromatic heterocycles. The molecule has 1 unspecified atom stereocenters. The summed E-state index contributed by atoms with van der Waals surface area (Å²) >= 11 is 0. The van der Waals surface area contributed by atoms with Gasteiger partial charge in [0.25, 0.3) is 0 Å². The zero-order chi connectivity index (χ0) is 10.4. The fourth-order valence-electron chi connectivity index (χ4n) is 2.07. The first kappa shape index (κ1) is 11.7. The number of Topliss-reactive ketones (excluding diaryl/α,β-unsaturated/α-hetero) is 1. The van der Waals surface area contributed by atoms with Gasteiger partial charge in [0.1, 0.15) is 5.78 Å². The molecule has 1 atom stereocenters. The fourth-order valence-corrected chi connectivity index (χ4v) is 2.07. The van der Waals surface area contributed by atoms with Gasteiger partial charge in [0, 0.05) is 19.6 Å². The Morgan fingerprint density at radius 1 is 1.57 bits per heavy atom. The van der Waals surface area contributed by atoms with Crippen LogP contribution in [0.3, 0.4) is 0 Å². The Bertz CT molecular complexity index is 180. The lowest BCUT2D eigenvalue weighted by atomic mass is 9.95. The van der Waals surface area contributed by atoms with Gasteiger partial charge in [-0.1, -0.05) is 6.92 Å². The smallest absolute Gasteiger partial charge is 0.146 e. The van der Waals surface area contributed by atoms with E-state index in [0.29, 0.717) is 24.7 Å². The summed E-state index contributed by atoms with van der Waals surface area (Å²) in [5.74, 6) is 0.924. The Labute approximate surface area is 86.1 Å². The van der Waals surface area contributed by atoms with Crippen LogP contribution in [0.1, 0.15) is 32.6 Å². The van der Waals surface area contributed by atoms with E-state index in [1.165, 1.54) is 12.8 Å². The van der Waals surface area contributed by atoms with Crippen molar-refractivity contribution in [2.75, 3.05) is 26.2 Å². The topological polar surface area (TPSA) is 40.5 Å². The first-order chi connectivity index (χ1) is 6.76. The molecule has 0 aromatic rings. The first-order valence-corrected chi connectivity index (χ1v) is 5.61. The van der Waals surface area contributed by atoms with Crippen molar-refractivity contribution in [3.8, 4) is 0 Å². The van der Waals surface area contributed by atoms with Crippen molar-refractivity contribution in [2.24, 2.45) is 5.92 Å². The zero-order valence-electron chi connectivity index (χ0n) is 9.04. The van der Waals surface area contributed by atoms with Crippen LogP contribution in [-0.4, -0.2) is 42.0 Å². The van der Waals surface area contributed by atoms with Gasteiger partial charge in [0.15, 0.2) is 0 Å². The highest BCUT2D eigenvalue weighted by atomic mass is 16.3. The van der Waals surface area contributed by atoms with Gasteiger partial charge >= 0.3 is 0 Å². The predicted molar refractivity (Wildman–Crippen MR) is 56.2 cm³/mol. The van der Waals surface area contributed by atoms with E-state index in [1.807, 2.05) is 6.92 Å². The van der Waals surface area contributed by atoms with Gasteiger partial charge in [-0.15, -0.1) is 0 Å². The SMILES string of the molecule is CCC(=O)CN1CCCC(CCO)C1. The lowest BCUT2D eigenvalue weighted by Crippen LogP contribution is -2.38. The van der Waals surface area contributed by atoms with Gasteiger partial charge in [-0.05, 0) is 31.7 Å². The zero-order valence-corrected chi connectivity index (χ0v) is 9.04. The Morgan fingerprint density at radius 3 is 3.00 bits per heavy atom. The Balaban J connectivity index is 2.28. The predicted octanol–water partition coefficient (Wildman–Crippen LogP) is 1.06. The molecule has 1 aliphatic heterocycles. The maximum Gasteiger partial charge on any atom is 0.146 e. The summed E-state index contributed by atoms with van der Waals surface area (Å²) in [7, 11) is 0. The van der Waals surface area contributed by atoms with Crippen LogP contribution in [-0.2, 0) is 4.79 Å². The van der Waals surface area contributed by atoms with Crippen LogP contribution in [0.4, 0.5) is 0 Å². The molecule has 82 valence electrons. The van der Waals surface area contributed by atoms with Crippen LogP contribution in [0.5, 0.6) is 0 Å². The Hall–Kier alpha value is -0.410. The van der Waals surface area contributed by atoms with Gasteiger partial charge in [0.2, 0.25) is 0 Å². The molecular weight excluding hydrogens is 178 g/mol. The summed E-state index contributed by atoms with van der Waals surface area (Å²) in [4.78, 5) is 13.5. The fraction of sp³-hybridized carbons (Fsp3) is 0.909. The molecule has 0 bridgehead atoms. The molecule has 0 spiro atoms. The van der Waals surface area contributed by atoms with Crippen LogP contribution in [0.25, 0.3) is 0 Å². The quantitative estimate of drug-likeness (QED) is 0.719. The van der Waals surface area contributed by atoms with Crippen molar-refractivity contribution in [3.63, 3.8) is 0 Å². The second-order valence-corrected chi connectivity index (χ2v) is 4.15. The van der Waals surface area contributed by atoms with Gasteiger partial charge in [-0.25, -0.2) is 0 Å². The van der Waals surface area contributed by atoms with E-state index in [-0.39, 0.29) is 6.61 Å². The third kappa shape index (κ3) is 3.76. The standard InChI is InChI=1S/C11H21NO2/c1-2-11(14)9-12-6-3-4-10(8-12)5-7-13/h10,13H,2-9H2,1H3. The summed E-state index contributed by atoms with van der Waals surface area (Å²) in [6, 6.07) is 0. The molecular formula is C11H21NO2. The molecule has 1 saturated heterocycles. The normalized spacial score (nSPS) is 23.7. The molecule has 0 aliphatic carbocycles. The summed E-state index contributed by atoms with van der Waals surface area (Å²) in [5.41, 5.74) is 0. The summed E-state index contributed by atoms with van der Waals surface area (Å²) in [5, 5.41) is 8.85. The summed E-state index contributed by atoms with van der Waals surface area (Å²) in [6.45, 7) is 4.84. The molecule has 14 heavy (non-hydrogen) atoms. The maximum atomic E-state index is 11.3. The number of likely N-dealkylation sites (tertiary alicyclic amines) is 1. The molecule has 1 heterocycles. The number of ketones is 1. The number of piperidine rings is 1. The van der Waals surface area contributed by atoms with E-state index < -0.39 is 0 Å².